The number of benzene rings is 1. The van der Waals surface area contributed by atoms with Gasteiger partial charge < -0.3 is 9.84 Å². The molecule has 0 amide bonds. The highest BCUT2D eigenvalue weighted by molar-refractivity contribution is 7.73. The fourth-order valence-corrected chi connectivity index (χ4v) is 4.27. The molecule has 1 unspecified atom stereocenters. The van der Waals surface area contributed by atoms with Crippen LogP contribution in [0.15, 0.2) is 46.1 Å². The van der Waals surface area contributed by atoms with Gasteiger partial charge in [0.05, 0.1) is 23.7 Å². The lowest BCUT2D eigenvalue weighted by Crippen LogP contribution is -2.14. The van der Waals surface area contributed by atoms with Crippen LogP contribution >= 0.6 is 23.6 Å². The quantitative estimate of drug-likeness (QED) is 0.826. The lowest BCUT2D eigenvalue weighted by molar-refractivity contribution is 0.0948. The number of thiazole rings is 1. The van der Waals surface area contributed by atoms with Crippen LogP contribution in [0.25, 0.3) is 6.08 Å². The fourth-order valence-electron chi connectivity index (χ4n) is 3.00. The van der Waals surface area contributed by atoms with Gasteiger partial charge in [-0.2, -0.15) is 5.10 Å². The van der Waals surface area contributed by atoms with Gasteiger partial charge in [0.25, 0.3) is 0 Å². The summed E-state index contributed by atoms with van der Waals surface area (Å²) in [5.41, 5.74) is 2.65. The third-order valence-corrected chi connectivity index (χ3v) is 5.65. The molecule has 25 heavy (non-hydrogen) atoms. The summed E-state index contributed by atoms with van der Waals surface area (Å²) < 4.78 is 8.06. The summed E-state index contributed by atoms with van der Waals surface area (Å²) in [7, 11) is 0. The normalized spacial score (nSPS) is 21.2. The highest BCUT2D eigenvalue weighted by Crippen LogP contribution is 2.31. The van der Waals surface area contributed by atoms with E-state index in [-0.39, 0.29) is 12.0 Å². The molecule has 1 atom stereocenters. The molecule has 2 aromatic rings. The molecule has 4 rings (SSSR count). The van der Waals surface area contributed by atoms with E-state index in [9.17, 15) is 5.11 Å². The maximum Gasteiger partial charge on any atom is 0.210 e. The van der Waals surface area contributed by atoms with Crippen molar-refractivity contribution in [3.8, 4) is 5.88 Å². The first-order valence-corrected chi connectivity index (χ1v) is 9.37. The van der Waals surface area contributed by atoms with E-state index in [0.717, 1.165) is 41.2 Å². The Kier molecular flexibility index (Phi) is 4.61. The van der Waals surface area contributed by atoms with Gasteiger partial charge in [0.2, 0.25) is 5.88 Å². The molecular formula is C18H17N3O2S2. The van der Waals surface area contributed by atoms with Gasteiger partial charge in [-0.15, -0.1) is 16.4 Å². The van der Waals surface area contributed by atoms with Crippen LogP contribution in [-0.4, -0.2) is 34.3 Å². The maximum absolute atomic E-state index is 10.6. The zero-order valence-corrected chi connectivity index (χ0v) is 15.1. The molecule has 7 heteroatoms. The van der Waals surface area contributed by atoms with E-state index in [1.807, 2.05) is 36.4 Å². The first kappa shape index (κ1) is 16.4. The Balaban J connectivity index is 1.64. The van der Waals surface area contributed by atoms with E-state index in [1.165, 1.54) is 11.3 Å². The summed E-state index contributed by atoms with van der Waals surface area (Å²) in [5.74, 6) is 0.186. The van der Waals surface area contributed by atoms with Crippen molar-refractivity contribution in [2.45, 2.75) is 25.5 Å². The van der Waals surface area contributed by atoms with Crippen molar-refractivity contribution in [3.63, 3.8) is 0 Å². The standard InChI is InChI=1S/C18H17N3O2S2/c22-17-15(25-18(24)21(17)11-14-7-4-8-23-14)9-13-10-19-20-16(13)12-5-2-1-3-6-12/h1-3,5-6,9-10,14,22H,4,7-8,11H2/b13-9+. The van der Waals surface area contributed by atoms with E-state index < -0.39 is 0 Å². The highest BCUT2D eigenvalue weighted by atomic mass is 32.1. The molecule has 0 radical (unpaired) electrons. The molecule has 1 aromatic heterocycles. The van der Waals surface area contributed by atoms with Crippen molar-refractivity contribution in [3.05, 3.63) is 50.3 Å². The number of allylic oxidation sites excluding steroid dienone is 1. The summed E-state index contributed by atoms with van der Waals surface area (Å²) in [6.45, 7) is 1.38. The van der Waals surface area contributed by atoms with E-state index in [0.29, 0.717) is 10.5 Å². The van der Waals surface area contributed by atoms with Crippen LogP contribution in [0.4, 0.5) is 0 Å². The molecule has 3 heterocycles. The summed E-state index contributed by atoms with van der Waals surface area (Å²) in [6, 6.07) is 9.88. The molecular weight excluding hydrogens is 354 g/mol. The summed E-state index contributed by atoms with van der Waals surface area (Å²) >= 11 is 6.82. The van der Waals surface area contributed by atoms with Gasteiger partial charge >= 0.3 is 0 Å². The van der Waals surface area contributed by atoms with Crippen LogP contribution in [0.3, 0.4) is 0 Å². The van der Waals surface area contributed by atoms with Crippen molar-refractivity contribution >= 4 is 41.6 Å². The second-order valence-corrected chi connectivity index (χ2v) is 7.64. The molecule has 5 nitrogen and oxygen atoms in total. The maximum atomic E-state index is 10.6. The molecule has 0 aliphatic carbocycles. The van der Waals surface area contributed by atoms with Crippen LogP contribution in [0.5, 0.6) is 5.88 Å². The van der Waals surface area contributed by atoms with Gasteiger partial charge in [-0.1, -0.05) is 30.3 Å². The van der Waals surface area contributed by atoms with Gasteiger partial charge in [0.15, 0.2) is 3.95 Å². The predicted octanol–water partition coefficient (Wildman–Crippen LogP) is 4.04. The van der Waals surface area contributed by atoms with Crippen LogP contribution in [0, 0.1) is 3.95 Å². The molecule has 0 bridgehead atoms. The zero-order chi connectivity index (χ0) is 17.2. The van der Waals surface area contributed by atoms with E-state index in [1.54, 1.807) is 10.8 Å². The largest absolute Gasteiger partial charge is 0.493 e. The minimum atomic E-state index is 0.127. The summed E-state index contributed by atoms with van der Waals surface area (Å²) in [5, 5.41) is 18.8. The third kappa shape index (κ3) is 3.35. The molecule has 0 saturated carbocycles. The smallest absolute Gasteiger partial charge is 0.210 e. The monoisotopic (exact) mass is 371 g/mol. The van der Waals surface area contributed by atoms with E-state index in [4.69, 9.17) is 17.0 Å². The molecule has 1 fully saturated rings. The molecule has 1 saturated heterocycles. The highest BCUT2D eigenvalue weighted by Gasteiger charge is 2.21. The Bertz CT molecular complexity index is 920. The van der Waals surface area contributed by atoms with Crippen LogP contribution in [0.2, 0.25) is 0 Å². The average Bonchev–Trinajstić information content (AvgIpc) is 3.35. The number of hydrogen-bond donors (Lipinski definition) is 1. The average molecular weight is 371 g/mol. The third-order valence-electron chi connectivity index (χ3n) is 4.27. The summed E-state index contributed by atoms with van der Waals surface area (Å²) in [4.78, 5) is 0.718. The van der Waals surface area contributed by atoms with Crippen LogP contribution in [0.1, 0.15) is 23.3 Å². The fraction of sp³-hybridized carbons (Fsp3) is 0.278. The first-order chi connectivity index (χ1) is 12.2. The number of aromatic hydroxyl groups is 1. The molecule has 1 N–H and O–H groups in total. The Morgan fingerprint density at radius 2 is 2.20 bits per heavy atom. The first-order valence-electron chi connectivity index (χ1n) is 8.15. The van der Waals surface area contributed by atoms with E-state index >= 15 is 0 Å². The molecule has 2 aliphatic rings. The van der Waals surface area contributed by atoms with Crippen LogP contribution in [-0.2, 0) is 11.3 Å². The zero-order valence-electron chi connectivity index (χ0n) is 13.5. The minimum Gasteiger partial charge on any atom is -0.493 e. The SMILES string of the molecule is Oc1c(/C=C2\C=NN=C2c2ccccc2)sc(=S)n1CC1CCCO1. The second-order valence-electron chi connectivity index (χ2n) is 5.96. The topological polar surface area (TPSA) is 59.1 Å². The molecule has 0 spiro atoms. The molecule has 1 aromatic carbocycles. The van der Waals surface area contributed by atoms with Gasteiger partial charge in [-0.3, -0.25) is 4.57 Å². The number of aromatic nitrogens is 1. The lowest BCUT2D eigenvalue weighted by atomic mass is 10.0. The number of rotatable bonds is 4. The van der Waals surface area contributed by atoms with Gasteiger partial charge in [-0.25, -0.2) is 0 Å². The Labute approximate surface area is 154 Å². The second kappa shape index (κ2) is 7.03. The molecule has 128 valence electrons. The predicted molar refractivity (Wildman–Crippen MR) is 103 cm³/mol. The summed E-state index contributed by atoms with van der Waals surface area (Å²) in [6.07, 6.45) is 5.79. The number of hydrogen-bond acceptors (Lipinski definition) is 6. The molecule has 2 aliphatic heterocycles. The van der Waals surface area contributed by atoms with E-state index in [2.05, 4.69) is 10.2 Å². The van der Waals surface area contributed by atoms with Gasteiger partial charge in [0.1, 0.15) is 5.71 Å². The van der Waals surface area contributed by atoms with Crippen molar-refractivity contribution in [1.29, 1.82) is 0 Å². The van der Waals surface area contributed by atoms with Gasteiger partial charge in [-0.05, 0) is 31.1 Å². The van der Waals surface area contributed by atoms with Crippen molar-refractivity contribution < 1.29 is 9.84 Å². The van der Waals surface area contributed by atoms with Crippen LogP contribution < -0.4 is 0 Å². The Morgan fingerprint density at radius 3 is 2.96 bits per heavy atom. The van der Waals surface area contributed by atoms with Crippen molar-refractivity contribution in [2.75, 3.05) is 6.61 Å². The lowest BCUT2D eigenvalue weighted by Gasteiger charge is -2.11. The number of nitrogens with zero attached hydrogens (tertiary/aromatic N) is 3. The Morgan fingerprint density at radius 1 is 1.36 bits per heavy atom. The minimum absolute atomic E-state index is 0.127. The van der Waals surface area contributed by atoms with Crippen molar-refractivity contribution in [1.82, 2.24) is 4.57 Å². The van der Waals surface area contributed by atoms with Gasteiger partial charge in [0, 0.05) is 17.7 Å². The van der Waals surface area contributed by atoms with Crippen molar-refractivity contribution in [2.24, 2.45) is 10.2 Å². The Hall–Kier alpha value is -2.09. The number of ether oxygens (including phenoxy) is 1.